The highest BCUT2D eigenvalue weighted by Gasteiger charge is 2.36. The lowest BCUT2D eigenvalue weighted by Gasteiger charge is -2.44. The molecule has 2 atom stereocenters. The maximum Gasteiger partial charge on any atom is 0.272 e. The van der Waals surface area contributed by atoms with Crippen LogP contribution >= 0.6 is 0 Å². The monoisotopic (exact) mass is 294 g/mol. The molecule has 3 heteroatoms. The van der Waals surface area contributed by atoms with Gasteiger partial charge in [0, 0.05) is 18.0 Å². The summed E-state index contributed by atoms with van der Waals surface area (Å²) in [6, 6.07) is 12.3. The summed E-state index contributed by atoms with van der Waals surface area (Å²) >= 11 is 0. The summed E-state index contributed by atoms with van der Waals surface area (Å²) in [6.45, 7) is 0.897. The number of nitrogens with zero attached hydrogens (tertiary/aromatic N) is 2. The summed E-state index contributed by atoms with van der Waals surface area (Å²) in [6.07, 6.45) is 7.48. The van der Waals surface area contributed by atoms with Crippen LogP contribution in [0, 0.1) is 5.92 Å². The minimum absolute atomic E-state index is 0.127. The maximum absolute atomic E-state index is 13.0. The van der Waals surface area contributed by atoms with E-state index < -0.39 is 0 Å². The van der Waals surface area contributed by atoms with Crippen molar-refractivity contribution < 1.29 is 4.79 Å². The topological polar surface area (TPSA) is 33.2 Å². The van der Waals surface area contributed by atoms with Crippen LogP contribution in [0.15, 0.2) is 36.4 Å². The molecule has 1 amide bonds. The first kappa shape index (κ1) is 13.7. The minimum Gasteiger partial charge on any atom is -0.334 e. The van der Waals surface area contributed by atoms with Gasteiger partial charge in [0.2, 0.25) is 0 Å². The first-order chi connectivity index (χ1) is 10.8. The molecule has 1 aromatic heterocycles. The van der Waals surface area contributed by atoms with E-state index in [4.69, 9.17) is 0 Å². The Labute approximate surface area is 131 Å². The van der Waals surface area contributed by atoms with E-state index in [1.54, 1.807) is 0 Å². The van der Waals surface area contributed by atoms with Crippen molar-refractivity contribution >= 4 is 16.8 Å². The van der Waals surface area contributed by atoms with Crippen LogP contribution in [0.1, 0.15) is 49.0 Å². The molecule has 0 radical (unpaired) electrons. The molecular formula is C19H22N2O. The molecule has 0 spiro atoms. The molecule has 0 unspecified atom stereocenters. The van der Waals surface area contributed by atoms with Crippen LogP contribution in [0.3, 0.4) is 0 Å². The number of fused-ring (bicyclic) bond motifs is 2. The van der Waals surface area contributed by atoms with Crippen LogP contribution in [0.4, 0.5) is 0 Å². The van der Waals surface area contributed by atoms with E-state index in [9.17, 15) is 4.79 Å². The number of benzene rings is 1. The van der Waals surface area contributed by atoms with Crippen molar-refractivity contribution in [2.45, 2.75) is 44.6 Å². The smallest absolute Gasteiger partial charge is 0.272 e. The third-order valence-electron chi connectivity index (χ3n) is 5.32. The molecule has 22 heavy (non-hydrogen) atoms. The second-order valence-corrected chi connectivity index (χ2v) is 6.64. The van der Waals surface area contributed by atoms with Crippen LogP contribution in [-0.2, 0) is 0 Å². The van der Waals surface area contributed by atoms with Crippen LogP contribution in [0.2, 0.25) is 0 Å². The van der Waals surface area contributed by atoms with Crippen LogP contribution in [0.5, 0.6) is 0 Å². The van der Waals surface area contributed by atoms with Crippen molar-refractivity contribution in [3.8, 4) is 0 Å². The molecule has 0 bridgehead atoms. The number of likely N-dealkylation sites (tertiary alicyclic amines) is 1. The van der Waals surface area contributed by atoms with Gasteiger partial charge >= 0.3 is 0 Å². The summed E-state index contributed by atoms with van der Waals surface area (Å²) in [4.78, 5) is 19.7. The molecule has 1 aliphatic heterocycles. The van der Waals surface area contributed by atoms with Gasteiger partial charge in [0.15, 0.2) is 0 Å². The maximum atomic E-state index is 13.0. The van der Waals surface area contributed by atoms with Gasteiger partial charge in [-0.15, -0.1) is 0 Å². The molecule has 1 saturated heterocycles. The van der Waals surface area contributed by atoms with Crippen LogP contribution < -0.4 is 0 Å². The second-order valence-electron chi connectivity index (χ2n) is 6.64. The Morgan fingerprint density at radius 1 is 1.00 bits per heavy atom. The van der Waals surface area contributed by atoms with Crippen molar-refractivity contribution in [2.24, 2.45) is 5.92 Å². The van der Waals surface area contributed by atoms with Gasteiger partial charge in [0.05, 0.1) is 5.52 Å². The molecule has 1 aliphatic carbocycles. The molecule has 2 aromatic rings. The molecule has 1 saturated carbocycles. The third kappa shape index (κ3) is 2.39. The zero-order valence-electron chi connectivity index (χ0n) is 12.9. The van der Waals surface area contributed by atoms with Gasteiger partial charge in [-0.05, 0) is 43.7 Å². The third-order valence-corrected chi connectivity index (χ3v) is 5.32. The fourth-order valence-corrected chi connectivity index (χ4v) is 4.21. The average Bonchev–Trinajstić information content (AvgIpc) is 2.60. The number of amides is 1. The lowest BCUT2D eigenvalue weighted by atomic mass is 9.78. The number of pyridine rings is 1. The molecular weight excluding hydrogens is 272 g/mol. The van der Waals surface area contributed by atoms with Crippen molar-refractivity contribution in [1.82, 2.24) is 9.88 Å². The molecule has 114 valence electrons. The largest absolute Gasteiger partial charge is 0.334 e. The van der Waals surface area contributed by atoms with E-state index in [1.165, 1.54) is 32.1 Å². The Bertz CT molecular complexity index is 695. The number of piperidine rings is 1. The molecule has 4 rings (SSSR count). The number of carbonyl (C=O) groups is 1. The molecule has 3 nitrogen and oxygen atoms in total. The number of rotatable bonds is 1. The lowest BCUT2D eigenvalue weighted by Crippen LogP contribution is -2.49. The highest BCUT2D eigenvalue weighted by molar-refractivity contribution is 5.95. The molecule has 2 fully saturated rings. The van der Waals surface area contributed by atoms with E-state index in [-0.39, 0.29) is 5.91 Å². The van der Waals surface area contributed by atoms with Crippen molar-refractivity contribution in [1.29, 1.82) is 0 Å². The Balaban J connectivity index is 1.64. The summed E-state index contributed by atoms with van der Waals surface area (Å²) < 4.78 is 0. The van der Waals surface area contributed by atoms with Crippen LogP contribution in [0.25, 0.3) is 10.9 Å². The molecule has 0 N–H and O–H groups in total. The molecule has 2 heterocycles. The average molecular weight is 294 g/mol. The van der Waals surface area contributed by atoms with E-state index in [1.807, 2.05) is 36.4 Å². The van der Waals surface area contributed by atoms with Gasteiger partial charge in [0.25, 0.3) is 5.91 Å². The van der Waals surface area contributed by atoms with Crippen LogP contribution in [-0.4, -0.2) is 28.4 Å². The van der Waals surface area contributed by atoms with Crippen molar-refractivity contribution in [3.63, 3.8) is 0 Å². The van der Waals surface area contributed by atoms with Gasteiger partial charge < -0.3 is 4.90 Å². The van der Waals surface area contributed by atoms with E-state index in [0.29, 0.717) is 17.7 Å². The molecule has 2 aliphatic rings. The fraction of sp³-hybridized carbons (Fsp3) is 0.474. The Morgan fingerprint density at radius 3 is 2.77 bits per heavy atom. The predicted octanol–water partition coefficient (Wildman–Crippen LogP) is 4.03. The summed E-state index contributed by atoms with van der Waals surface area (Å²) in [5.41, 5.74) is 1.51. The zero-order valence-corrected chi connectivity index (χ0v) is 12.9. The van der Waals surface area contributed by atoms with E-state index in [0.717, 1.165) is 23.9 Å². The van der Waals surface area contributed by atoms with E-state index in [2.05, 4.69) is 9.88 Å². The van der Waals surface area contributed by atoms with Crippen molar-refractivity contribution in [3.05, 3.63) is 42.1 Å². The SMILES string of the molecule is O=C(c1ccc2ccccc2n1)N1CCC[C@H]2CCCC[C@H]21. The summed E-state index contributed by atoms with van der Waals surface area (Å²) in [7, 11) is 0. The highest BCUT2D eigenvalue weighted by atomic mass is 16.2. The summed E-state index contributed by atoms with van der Waals surface area (Å²) in [5, 5.41) is 1.09. The van der Waals surface area contributed by atoms with Gasteiger partial charge in [-0.2, -0.15) is 0 Å². The Kier molecular flexibility index (Phi) is 3.57. The number of para-hydroxylation sites is 1. The minimum atomic E-state index is 0.127. The van der Waals surface area contributed by atoms with Gasteiger partial charge in [-0.25, -0.2) is 4.98 Å². The standard InChI is InChI=1S/C19H22N2O/c22-19(17-12-11-14-6-1-3-9-16(14)20-17)21-13-5-8-15-7-2-4-10-18(15)21/h1,3,6,9,11-12,15,18H,2,4-5,7-8,10,13H2/t15-,18-/m1/s1. The first-order valence-corrected chi connectivity index (χ1v) is 8.50. The first-order valence-electron chi connectivity index (χ1n) is 8.50. The van der Waals surface area contributed by atoms with Gasteiger partial charge in [0.1, 0.15) is 5.69 Å². The highest BCUT2D eigenvalue weighted by Crippen LogP contribution is 2.35. The Hall–Kier alpha value is -1.90. The van der Waals surface area contributed by atoms with Gasteiger partial charge in [-0.1, -0.05) is 37.1 Å². The lowest BCUT2D eigenvalue weighted by molar-refractivity contribution is 0.0385. The summed E-state index contributed by atoms with van der Waals surface area (Å²) in [5.74, 6) is 0.842. The zero-order chi connectivity index (χ0) is 14.9. The van der Waals surface area contributed by atoms with Crippen molar-refractivity contribution in [2.75, 3.05) is 6.54 Å². The van der Waals surface area contributed by atoms with Gasteiger partial charge in [-0.3, -0.25) is 4.79 Å². The molecule has 1 aromatic carbocycles. The fourth-order valence-electron chi connectivity index (χ4n) is 4.21. The normalized spacial score (nSPS) is 25.0. The Morgan fingerprint density at radius 2 is 1.82 bits per heavy atom. The van der Waals surface area contributed by atoms with E-state index >= 15 is 0 Å². The quantitative estimate of drug-likeness (QED) is 0.795. The predicted molar refractivity (Wildman–Crippen MR) is 87.8 cm³/mol. The number of carbonyl (C=O) groups excluding carboxylic acids is 1. The second kappa shape index (κ2) is 5.71. The number of aromatic nitrogens is 1. The number of hydrogen-bond acceptors (Lipinski definition) is 2. The number of hydrogen-bond donors (Lipinski definition) is 0.